The van der Waals surface area contributed by atoms with Gasteiger partial charge in [0.1, 0.15) is 5.75 Å². The van der Waals surface area contributed by atoms with Crippen LogP contribution in [0.3, 0.4) is 0 Å². The minimum absolute atomic E-state index is 0.00308. The summed E-state index contributed by atoms with van der Waals surface area (Å²) < 4.78 is 5.82. The van der Waals surface area contributed by atoms with Crippen LogP contribution in [0.5, 0.6) is 5.75 Å². The zero-order chi connectivity index (χ0) is 20.6. The molecule has 0 unspecified atom stereocenters. The van der Waals surface area contributed by atoms with E-state index in [9.17, 15) is 4.79 Å². The zero-order valence-electron chi connectivity index (χ0n) is 17.2. The normalized spacial score (nSPS) is 13.9. The van der Waals surface area contributed by atoms with Crippen molar-refractivity contribution in [1.29, 1.82) is 0 Å². The molecule has 30 heavy (non-hydrogen) atoms. The van der Waals surface area contributed by atoms with Crippen LogP contribution in [-0.4, -0.2) is 30.5 Å². The molecule has 1 amide bonds. The maximum absolute atomic E-state index is 12.3. The van der Waals surface area contributed by atoms with Gasteiger partial charge in [0, 0.05) is 18.7 Å². The second kappa shape index (κ2) is 10.1. The number of hydrogen-bond donors (Lipinski definition) is 1. The second-order valence-electron chi connectivity index (χ2n) is 7.73. The topological polar surface area (TPSA) is 41.6 Å². The lowest BCUT2D eigenvalue weighted by atomic mass is 10.1. The average Bonchev–Trinajstić information content (AvgIpc) is 3.31. The van der Waals surface area contributed by atoms with Crippen LogP contribution in [0.15, 0.2) is 78.9 Å². The molecule has 0 bridgehead atoms. The number of amides is 1. The van der Waals surface area contributed by atoms with E-state index in [1.807, 2.05) is 54.6 Å². The largest absolute Gasteiger partial charge is 0.483 e. The third kappa shape index (κ3) is 5.49. The van der Waals surface area contributed by atoms with Gasteiger partial charge >= 0.3 is 0 Å². The Kier molecular flexibility index (Phi) is 6.78. The number of nitrogens with one attached hydrogen (secondary N) is 1. The molecule has 1 fully saturated rings. The molecular weight excluding hydrogens is 372 g/mol. The van der Waals surface area contributed by atoms with Crippen LogP contribution in [0, 0.1) is 0 Å². The van der Waals surface area contributed by atoms with Crippen LogP contribution in [-0.2, 0) is 17.9 Å². The summed E-state index contributed by atoms with van der Waals surface area (Å²) in [5.74, 6) is 0.587. The number of ether oxygens (including phenoxy) is 1. The summed E-state index contributed by atoms with van der Waals surface area (Å²) in [6.07, 6.45) is 2.62. The van der Waals surface area contributed by atoms with Gasteiger partial charge < -0.3 is 10.1 Å². The number of rotatable bonds is 8. The standard InChI is InChI=1S/C26H28N2O2/c29-26(20-30-25-11-5-4-10-24(25)23-8-2-1-3-9-23)27-18-21-12-14-22(15-13-21)19-28-16-6-7-17-28/h1-5,8-15H,6-7,16-20H2,(H,27,29). The first-order valence-electron chi connectivity index (χ1n) is 10.6. The number of benzene rings is 3. The number of para-hydroxylation sites is 1. The van der Waals surface area contributed by atoms with E-state index in [0.717, 1.165) is 23.2 Å². The Hall–Kier alpha value is -3.11. The monoisotopic (exact) mass is 400 g/mol. The second-order valence-corrected chi connectivity index (χ2v) is 7.73. The highest BCUT2D eigenvalue weighted by atomic mass is 16.5. The van der Waals surface area contributed by atoms with Crippen LogP contribution in [0.2, 0.25) is 0 Å². The number of carbonyl (C=O) groups is 1. The minimum atomic E-state index is -0.126. The molecule has 1 N–H and O–H groups in total. The van der Waals surface area contributed by atoms with E-state index < -0.39 is 0 Å². The highest BCUT2D eigenvalue weighted by Gasteiger charge is 2.12. The fourth-order valence-corrected chi connectivity index (χ4v) is 3.81. The summed E-state index contributed by atoms with van der Waals surface area (Å²) in [4.78, 5) is 14.8. The van der Waals surface area contributed by atoms with Crippen molar-refractivity contribution in [3.05, 3.63) is 90.0 Å². The Morgan fingerprint density at radius 3 is 2.27 bits per heavy atom. The zero-order valence-corrected chi connectivity index (χ0v) is 17.2. The lowest BCUT2D eigenvalue weighted by Gasteiger charge is -2.15. The molecule has 0 saturated carbocycles. The Morgan fingerprint density at radius 1 is 0.833 bits per heavy atom. The maximum Gasteiger partial charge on any atom is 0.258 e. The average molecular weight is 401 g/mol. The van der Waals surface area contributed by atoms with Crippen molar-refractivity contribution >= 4 is 5.91 Å². The van der Waals surface area contributed by atoms with E-state index in [4.69, 9.17) is 4.74 Å². The Balaban J connectivity index is 1.27. The van der Waals surface area contributed by atoms with Gasteiger partial charge in [-0.3, -0.25) is 9.69 Å². The molecular formula is C26H28N2O2. The number of carbonyl (C=O) groups excluding carboxylic acids is 1. The lowest BCUT2D eigenvalue weighted by molar-refractivity contribution is -0.123. The fourth-order valence-electron chi connectivity index (χ4n) is 3.81. The van der Waals surface area contributed by atoms with Gasteiger partial charge in [-0.05, 0) is 48.7 Å². The molecule has 3 aromatic rings. The Bertz CT molecular complexity index is 948. The van der Waals surface area contributed by atoms with Gasteiger partial charge in [0.15, 0.2) is 6.61 Å². The molecule has 4 rings (SSSR count). The smallest absolute Gasteiger partial charge is 0.258 e. The van der Waals surface area contributed by atoms with Gasteiger partial charge in [-0.25, -0.2) is 0 Å². The minimum Gasteiger partial charge on any atom is -0.483 e. The van der Waals surface area contributed by atoms with Crippen LogP contribution in [0.4, 0.5) is 0 Å². The molecule has 1 heterocycles. The predicted molar refractivity (Wildman–Crippen MR) is 120 cm³/mol. The van der Waals surface area contributed by atoms with Crippen molar-refractivity contribution in [2.45, 2.75) is 25.9 Å². The van der Waals surface area contributed by atoms with E-state index in [1.54, 1.807) is 0 Å². The van der Waals surface area contributed by atoms with E-state index in [-0.39, 0.29) is 12.5 Å². The molecule has 4 nitrogen and oxygen atoms in total. The summed E-state index contributed by atoms with van der Waals surface area (Å²) in [6, 6.07) is 26.4. The third-order valence-corrected chi connectivity index (χ3v) is 5.45. The highest BCUT2D eigenvalue weighted by molar-refractivity contribution is 5.78. The van der Waals surface area contributed by atoms with Gasteiger partial charge in [-0.1, -0.05) is 72.8 Å². The summed E-state index contributed by atoms with van der Waals surface area (Å²) in [5.41, 5.74) is 4.48. The van der Waals surface area contributed by atoms with Crippen molar-refractivity contribution in [3.63, 3.8) is 0 Å². The van der Waals surface area contributed by atoms with Crippen molar-refractivity contribution in [2.24, 2.45) is 0 Å². The van der Waals surface area contributed by atoms with Crippen molar-refractivity contribution in [3.8, 4) is 16.9 Å². The first-order chi connectivity index (χ1) is 14.8. The number of likely N-dealkylation sites (tertiary alicyclic amines) is 1. The first kappa shape index (κ1) is 20.2. The Morgan fingerprint density at radius 2 is 1.50 bits per heavy atom. The van der Waals surface area contributed by atoms with Gasteiger partial charge in [0.05, 0.1) is 0 Å². The first-order valence-corrected chi connectivity index (χ1v) is 10.6. The molecule has 0 atom stereocenters. The highest BCUT2D eigenvalue weighted by Crippen LogP contribution is 2.29. The van der Waals surface area contributed by atoms with Crippen LogP contribution < -0.4 is 10.1 Å². The third-order valence-electron chi connectivity index (χ3n) is 5.45. The molecule has 0 spiro atoms. The summed E-state index contributed by atoms with van der Waals surface area (Å²) in [5, 5.41) is 2.95. The van der Waals surface area contributed by atoms with E-state index in [0.29, 0.717) is 12.3 Å². The van der Waals surface area contributed by atoms with Gasteiger partial charge in [0.2, 0.25) is 0 Å². The molecule has 0 aromatic heterocycles. The summed E-state index contributed by atoms with van der Waals surface area (Å²) in [7, 11) is 0. The number of nitrogens with zero attached hydrogens (tertiary/aromatic N) is 1. The van der Waals surface area contributed by atoms with Crippen molar-refractivity contribution < 1.29 is 9.53 Å². The van der Waals surface area contributed by atoms with E-state index >= 15 is 0 Å². The van der Waals surface area contributed by atoms with Crippen molar-refractivity contribution in [2.75, 3.05) is 19.7 Å². The van der Waals surface area contributed by atoms with Crippen LogP contribution >= 0.6 is 0 Å². The number of hydrogen-bond acceptors (Lipinski definition) is 3. The van der Waals surface area contributed by atoms with Crippen molar-refractivity contribution in [1.82, 2.24) is 10.2 Å². The SMILES string of the molecule is O=C(COc1ccccc1-c1ccccc1)NCc1ccc(CN2CCCC2)cc1. The van der Waals surface area contributed by atoms with Gasteiger partial charge in [0.25, 0.3) is 5.91 Å². The molecule has 0 aliphatic carbocycles. The summed E-state index contributed by atoms with van der Waals surface area (Å²) >= 11 is 0. The summed E-state index contributed by atoms with van der Waals surface area (Å²) in [6.45, 7) is 3.92. The molecule has 1 aliphatic heterocycles. The van der Waals surface area contributed by atoms with Crippen LogP contribution in [0.25, 0.3) is 11.1 Å². The molecule has 3 aromatic carbocycles. The fraction of sp³-hybridized carbons (Fsp3) is 0.269. The molecule has 154 valence electrons. The van der Waals surface area contributed by atoms with Gasteiger partial charge in [-0.2, -0.15) is 0 Å². The predicted octanol–water partition coefficient (Wildman–Crippen LogP) is 4.64. The Labute approximate surface area is 178 Å². The van der Waals surface area contributed by atoms with E-state index in [2.05, 4.69) is 34.5 Å². The molecule has 1 aliphatic rings. The lowest BCUT2D eigenvalue weighted by Crippen LogP contribution is -2.28. The molecule has 0 radical (unpaired) electrons. The van der Waals surface area contributed by atoms with Gasteiger partial charge in [-0.15, -0.1) is 0 Å². The maximum atomic E-state index is 12.3. The van der Waals surface area contributed by atoms with E-state index in [1.165, 1.54) is 31.5 Å². The quantitative estimate of drug-likeness (QED) is 0.599. The van der Waals surface area contributed by atoms with Crippen LogP contribution in [0.1, 0.15) is 24.0 Å². The molecule has 4 heteroatoms. The molecule has 1 saturated heterocycles.